The number of halogens is 1. The molecule has 0 spiro atoms. The number of hydrogen-bond donors (Lipinski definition) is 1. The summed E-state index contributed by atoms with van der Waals surface area (Å²) in [6, 6.07) is 21.4. The summed E-state index contributed by atoms with van der Waals surface area (Å²) in [5, 5.41) is 7.64. The molecule has 11 heteroatoms. The third-order valence-corrected chi connectivity index (χ3v) is 9.01. The van der Waals surface area contributed by atoms with Gasteiger partial charge in [-0.2, -0.15) is 5.10 Å². The Morgan fingerprint density at radius 3 is 2.65 bits per heavy atom. The summed E-state index contributed by atoms with van der Waals surface area (Å²) < 4.78 is 32.5. The van der Waals surface area contributed by atoms with Crippen LogP contribution >= 0.6 is 11.8 Å². The second-order valence-corrected chi connectivity index (χ2v) is 11.7. The van der Waals surface area contributed by atoms with Crippen LogP contribution in [0.5, 0.6) is 11.5 Å². The molecule has 4 aromatic rings. The van der Waals surface area contributed by atoms with Crippen LogP contribution in [-0.4, -0.2) is 59.9 Å². The number of amides is 2. The first kappa shape index (κ1) is 27.5. The number of fused-ring (bicyclic) bond motifs is 2. The molecule has 43 heavy (non-hydrogen) atoms. The van der Waals surface area contributed by atoms with Gasteiger partial charge in [0.1, 0.15) is 18.2 Å². The van der Waals surface area contributed by atoms with Crippen molar-refractivity contribution >= 4 is 29.4 Å². The molecule has 2 atom stereocenters. The Bertz CT molecular complexity index is 1660. The zero-order chi connectivity index (χ0) is 29.3. The maximum atomic E-state index is 14.0. The lowest BCUT2D eigenvalue weighted by Gasteiger charge is -2.23. The lowest BCUT2D eigenvalue weighted by atomic mass is 9.99. The number of carbonyl (C=O) groups is 2. The van der Waals surface area contributed by atoms with Crippen LogP contribution in [0.3, 0.4) is 0 Å². The minimum atomic E-state index is -0.388. The fourth-order valence-electron chi connectivity index (χ4n) is 5.66. The van der Waals surface area contributed by atoms with E-state index in [-0.39, 0.29) is 48.1 Å². The van der Waals surface area contributed by atoms with E-state index in [2.05, 4.69) is 5.32 Å². The molecule has 1 fully saturated rings. The largest absolute Gasteiger partial charge is 0.454 e. The van der Waals surface area contributed by atoms with Crippen LogP contribution in [-0.2, 0) is 14.3 Å². The molecule has 0 radical (unpaired) electrons. The maximum Gasteiger partial charge on any atom is 0.240 e. The first-order chi connectivity index (χ1) is 21.0. The smallest absolute Gasteiger partial charge is 0.240 e. The first-order valence-electron chi connectivity index (χ1n) is 14.2. The highest BCUT2D eigenvalue weighted by Gasteiger charge is 2.38. The van der Waals surface area contributed by atoms with E-state index in [1.807, 2.05) is 48.5 Å². The standard InChI is InChI=1S/C32H29FN4O5S/c33-22-9-11-23(12-10-22)37-32-29(30(35-37)20-5-2-1-3-6-20)31(21-8-13-25-26(15-21)42-19-41-25)43-18-28(39)36(32)17-27(38)34-16-24-7-4-14-40-24/h1-3,5-6,8-13,15,24,31H,4,7,14,16-19H2,(H,34,38)/t24-,31-/m0/s1. The Morgan fingerprint density at radius 2 is 1.86 bits per heavy atom. The van der Waals surface area contributed by atoms with E-state index in [4.69, 9.17) is 19.3 Å². The van der Waals surface area contributed by atoms with Crippen LogP contribution < -0.4 is 19.7 Å². The summed E-state index contributed by atoms with van der Waals surface area (Å²) >= 11 is 1.47. The second kappa shape index (κ2) is 11.7. The van der Waals surface area contributed by atoms with Gasteiger partial charge in [0.05, 0.1) is 28.5 Å². The van der Waals surface area contributed by atoms with Gasteiger partial charge in [-0.25, -0.2) is 9.07 Å². The third kappa shape index (κ3) is 5.46. The average molecular weight is 601 g/mol. The molecular formula is C32H29FN4O5S. The van der Waals surface area contributed by atoms with Crippen molar-refractivity contribution in [2.45, 2.75) is 24.2 Å². The minimum absolute atomic E-state index is 0.0280. The predicted octanol–water partition coefficient (Wildman–Crippen LogP) is 4.87. The molecule has 3 aliphatic rings. The van der Waals surface area contributed by atoms with E-state index in [0.717, 1.165) is 29.5 Å². The zero-order valence-electron chi connectivity index (χ0n) is 23.2. The molecule has 2 amide bonds. The van der Waals surface area contributed by atoms with Crippen molar-refractivity contribution in [3.8, 4) is 28.4 Å². The molecule has 0 saturated carbocycles. The van der Waals surface area contributed by atoms with Crippen molar-refractivity contribution in [3.63, 3.8) is 0 Å². The first-order valence-corrected chi connectivity index (χ1v) is 15.2. The lowest BCUT2D eigenvalue weighted by Crippen LogP contribution is -2.44. The van der Waals surface area contributed by atoms with Gasteiger partial charge in [0.15, 0.2) is 11.5 Å². The Balaban J connectivity index is 1.38. The Labute approximate surface area is 251 Å². The van der Waals surface area contributed by atoms with Crippen molar-refractivity contribution < 1.29 is 28.2 Å². The molecule has 7 rings (SSSR count). The SMILES string of the molecule is O=C(CN1C(=O)CS[C@@H](c2ccc3c(c2)OCO3)c2c(-c3ccccc3)nn(-c3ccc(F)cc3)c21)NC[C@@H]1CCCO1. The Kier molecular flexibility index (Phi) is 7.50. The van der Waals surface area contributed by atoms with Gasteiger partial charge in [-0.1, -0.05) is 36.4 Å². The molecule has 220 valence electrons. The van der Waals surface area contributed by atoms with Gasteiger partial charge in [-0.3, -0.25) is 14.5 Å². The number of aromatic nitrogens is 2. The van der Waals surface area contributed by atoms with Gasteiger partial charge in [-0.05, 0) is 54.8 Å². The fourth-order valence-corrected chi connectivity index (χ4v) is 6.85. The Morgan fingerprint density at radius 1 is 1.05 bits per heavy atom. The van der Waals surface area contributed by atoms with Crippen LogP contribution in [0.1, 0.15) is 29.2 Å². The summed E-state index contributed by atoms with van der Waals surface area (Å²) in [5.74, 6) is 0.973. The molecule has 0 aliphatic carbocycles. The van der Waals surface area contributed by atoms with Crippen LogP contribution in [0, 0.1) is 5.82 Å². The maximum absolute atomic E-state index is 14.0. The summed E-state index contributed by atoms with van der Waals surface area (Å²) in [6.07, 6.45) is 1.82. The van der Waals surface area contributed by atoms with Crippen molar-refractivity contribution in [3.05, 3.63) is 89.7 Å². The van der Waals surface area contributed by atoms with Crippen molar-refractivity contribution in [1.82, 2.24) is 15.1 Å². The van der Waals surface area contributed by atoms with E-state index in [1.54, 1.807) is 16.8 Å². The number of benzene rings is 3. The summed E-state index contributed by atoms with van der Waals surface area (Å²) in [4.78, 5) is 28.7. The van der Waals surface area contributed by atoms with E-state index in [1.165, 1.54) is 28.8 Å². The number of carbonyl (C=O) groups excluding carboxylic acids is 2. The molecule has 1 N–H and O–H groups in total. The highest BCUT2D eigenvalue weighted by Crippen LogP contribution is 2.50. The number of thioether (sulfide) groups is 1. The van der Waals surface area contributed by atoms with E-state index in [0.29, 0.717) is 41.8 Å². The normalized spacial score (nSPS) is 19.3. The molecule has 0 unspecified atom stereocenters. The number of nitrogens with zero attached hydrogens (tertiary/aromatic N) is 3. The van der Waals surface area contributed by atoms with Gasteiger partial charge >= 0.3 is 0 Å². The molecule has 3 aliphatic heterocycles. The summed E-state index contributed by atoms with van der Waals surface area (Å²) in [7, 11) is 0. The molecule has 4 heterocycles. The monoisotopic (exact) mass is 600 g/mol. The Hall–Kier alpha value is -4.35. The number of nitrogens with one attached hydrogen (secondary N) is 1. The summed E-state index contributed by atoms with van der Waals surface area (Å²) in [5.41, 5.74) is 3.76. The van der Waals surface area contributed by atoms with E-state index in [9.17, 15) is 14.0 Å². The fraction of sp³-hybridized carbons (Fsp3) is 0.281. The number of rotatable bonds is 7. The van der Waals surface area contributed by atoms with Gasteiger partial charge in [0, 0.05) is 24.3 Å². The van der Waals surface area contributed by atoms with Crippen LogP contribution in [0.4, 0.5) is 10.2 Å². The topological polar surface area (TPSA) is 94.9 Å². The van der Waals surface area contributed by atoms with Gasteiger partial charge in [0.25, 0.3) is 0 Å². The van der Waals surface area contributed by atoms with E-state index < -0.39 is 0 Å². The minimum Gasteiger partial charge on any atom is -0.454 e. The molecule has 1 saturated heterocycles. The van der Waals surface area contributed by atoms with Gasteiger partial charge in [0.2, 0.25) is 18.6 Å². The molecule has 3 aromatic carbocycles. The van der Waals surface area contributed by atoms with Crippen molar-refractivity contribution in [2.24, 2.45) is 0 Å². The highest BCUT2D eigenvalue weighted by molar-refractivity contribution is 8.00. The molecular weight excluding hydrogens is 571 g/mol. The van der Waals surface area contributed by atoms with Crippen LogP contribution in [0.2, 0.25) is 0 Å². The van der Waals surface area contributed by atoms with Crippen LogP contribution in [0.25, 0.3) is 16.9 Å². The number of ether oxygens (including phenoxy) is 3. The van der Waals surface area contributed by atoms with Gasteiger partial charge in [-0.15, -0.1) is 11.8 Å². The number of anilines is 1. The van der Waals surface area contributed by atoms with Crippen LogP contribution in [0.15, 0.2) is 72.8 Å². The second-order valence-electron chi connectivity index (χ2n) is 10.6. The summed E-state index contributed by atoms with van der Waals surface area (Å²) in [6.45, 7) is 1.02. The average Bonchev–Trinajstić information content (AvgIpc) is 3.79. The van der Waals surface area contributed by atoms with Crippen molar-refractivity contribution in [2.75, 3.05) is 37.1 Å². The molecule has 0 bridgehead atoms. The van der Waals surface area contributed by atoms with Gasteiger partial charge < -0.3 is 19.5 Å². The number of hydrogen-bond acceptors (Lipinski definition) is 7. The van der Waals surface area contributed by atoms with E-state index >= 15 is 0 Å². The predicted molar refractivity (Wildman–Crippen MR) is 160 cm³/mol. The third-order valence-electron chi connectivity index (χ3n) is 7.76. The zero-order valence-corrected chi connectivity index (χ0v) is 24.0. The quantitative estimate of drug-likeness (QED) is 0.324. The molecule has 1 aromatic heterocycles. The molecule has 9 nitrogen and oxygen atoms in total. The highest BCUT2D eigenvalue weighted by atomic mass is 32.2. The lowest BCUT2D eigenvalue weighted by molar-refractivity contribution is -0.123. The van der Waals surface area contributed by atoms with Crippen molar-refractivity contribution in [1.29, 1.82) is 0 Å².